The summed E-state index contributed by atoms with van der Waals surface area (Å²) >= 11 is 0. The zero-order valence-corrected chi connectivity index (χ0v) is 47.9. The maximum Gasteiger partial charge on any atom is 0.472 e. The van der Waals surface area contributed by atoms with Crippen molar-refractivity contribution in [2.45, 2.75) is 296 Å². The van der Waals surface area contributed by atoms with Gasteiger partial charge < -0.3 is 19.8 Å². The number of rotatable bonds is 55. The molecule has 8 nitrogen and oxygen atoms in total. The van der Waals surface area contributed by atoms with E-state index in [1.807, 2.05) is 34.1 Å². The smallest absolute Gasteiger partial charge is 0.387 e. The number of nitrogens with zero attached hydrogens (tertiary/aromatic N) is 1. The van der Waals surface area contributed by atoms with Gasteiger partial charge in [0.2, 0.25) is 5.91 Å². The molecule has 0 radical (unpaired) electrons. The number of carbonyl (C=O) groups is 1. The number of amides is 1. The van der Waals surface area contributed by atoms with E-state index in [9.17, 15) is 19.4 Å². The van der Waals surface area contributed by atoms with Crippen molar-refractivity contribution in [2.75, 3.05) is 40.9 Å². The van der Waals surface area contributed by atoms with Gasteiger partial charge in [-0.25, -0.2) is 4.57 Å². The van der Waals surface area contributed by atoms with E-state index < -0.39 is 20.0 Å². The predicted octanol–water partition coefficient (Wildman–Crippen LogP) is 18.3. The molecule has 0 aliphatic carbocycles. The summed E-state index contributed by atoms with van der Waals surface area (Å²) in [6, 6.07) is -0.866. The van der Waals surface area contributed by atoms with E-state index in [1.54, 1.807) is 6.08 Å². The van der Waals surface area contributed by atoms with E-state index in [0.717, 1.165) is 44.9 Å². The Morgan fingerprint density at radius 1 is 0.500 bits per heavy atom. The number of nitrogens with one attached hydrogen (secondary N) is 1. The lowest BCUT2D eigenvalue weighted by Crippen LogP contribution is -2.45. The molecule has 0 saturated carbocycles. The summed E-state index contributed by atoms with van der Waals surface area (Å²) in [7, 11) is 1.55. The number of allylic oxidation sites excluding steroid dienone is 7. The Morgan fingerprint density at radius 2 is 0.843 bits per heavy atom. The fraction of sp³-hybridized carbons (Fsp3) is 0.852. The summed E-state index contributed by atoms with van der Waals surface area (Å²) in [5.74, 6) is -0.190. The summed E-state index contributed by atoms with van der Waals surface area (Å²) in [6.07, 6.45) is 70.1. The van der Waals surface area contributed by atoms with Crippen molar-refractivity contribution in [3.63, 3.8) is 0 Å². The summed E-state index contributed by atoms with van der Waals surface area (Å²) in [4.78, 5) is 23.1. The fourth-order valence-electron chi connectivity index (χ4n) is 8.90. The number of aliphatic hydroxyl groups excluding tert-OH is 1. The minimum atomic E-state index is -4.35. The van der Waals surface area contributed by atoms with Crippen LogP contribution >= 0.6 is 7.82 Å². The molecule has 0 aromatic rings. The van der Waals surface area contributed by atoms with Crippen molar-refractivity contribution in [1.29, 1.82) is 0 Å². The molecule has 3 N–H and O–H groups in total. The first kappa shape index (κ1) is 68.5. The third kappa shape index (κ3) is 54.2. The van der Waals surface area contributed by atoms with Gasteiger partial charge in [0.05, 0.1) is 39.9 Å². The molecule has 0 saturated heterocycles. The highest BCUT2D eigenvalue weighted by Crippen LogP contribution is 2.43. The lowest BCUT2D eigenvalue weighted by atomic mass is 10.0. The van der Waals surface area contributed by atoms with Gasteiger partial charge in [-0.15, -0.1) is 0 Å². The molecule has 0 rings (SSSR count). The molecular weight excluding hydrogens is 888 g/mol. The second kappa shape index (κ2) is 52.3. The Kier molecular flexibility index (Phi) is 51.2. The first-order valence-electron chi connectivity index (χ1n) is 30.0. The van der Waals surface area contributed by atoms with Crippen LogP contribution in [0.15, 0.2) is 48.6 Å². The summed E-state index contributed by atoms with van der Waals surface area (Å²) in [5, 5.41) is 13.8. The topological polar surface area (TPSA) is 105 Å². The highest BCUT2D eigenvalue weighted by Gasteiger charge is 2.27. The van der Waals surface area contributed by atoms with E-state index in [0.29, 0.717) is 17.4 Å². The first-order valence-corrected chi connectivity index (χ1v) is 31.5. The largest absolute Gasteiger partial charge is 0.472 e. The molecule has 0 fully saturated rings. The number of hydrogen-bond acceptors (Lipinski definition) is 5. The molecule has 1 amide bonds. The van der Waals surface area contributed by atoms with Crippen LogP contribution in [0.4, 0.5) is 0 Å². The molecule has 0 aliphatic rings. The van der Waals surface area contributed by atoms with Crippen LogP contribution in [-0.4, -0.2) is 73.4 Å². The monoisotopic (exact) mass is 1010 g/mol. The lowest BCUT2D eigenvalue weighted by Gasteiger charge is -2.25. The molecule has 70 heavy (non-hydrogen) atoms. The van der Waals surface area contributed by atoms with Crippen LogP contribution < -0.4 is 5.32 Å². The van der Waals surface area contributed by atoms with E-state index >= 15 is 0 Å². The third-order valence-corrected chi connectivity index (χ3v) is 14.6. The van der Waals surface area contributed by atoms with Crippen LogP contribution in [0.25, 0.3) is 0 Å². The Labute approximate surface area is 435 Å². The molecular formula is C61H118N2O6P+. The van der Waals surface area contributed by atoms with Gasteiger partial charge >= 0.3 is 7.82 Å². The minimum absolute atomic E-state index is 0.0537. The zero-order valence-electron chi connectivity index (χ0n) is 47.0. The first-order chi connectivity index (χ1) is 34.0. The second-order valence-corrected chi connectivity index (χ2v) is 23.2. The van der Waals surface area contributed by atoms with Crippen LogP contribution in [0.2, 0.25) is 0 Å². The summed E-state index contributed by atoms with van der Waals surface area (Å²) in [6.45, 7) is 4.57. The van der Waals surface area contributed by atoms with Crippen molar-refractivity contribution in [3.8, 4) is 0 Å². The van der Waals surface area contributed by atoms with Gasteiger partial charge in [0, 0.05) is 6.42 Å². The number of unbranched alkanes of at least 4 members (excludes halogenated alkanes) is 37. The second-order valence-electron chi connectivity index (χ2n) is 21.7. The molecule has 3 unspecified atom stereocenters. The van der Waals surface area contributed by atoms with Crippen LogP contribution in [0, 0.1) is 0 Å². The number of quaternary nitrogens is 1. The van der Waals surface area contributed by atoms with Gasteiger partial charge in [0.1, 0.15) is 13.2 Å². The van der Waals surface area contributed by atoms with Crippen molar-refractivity contribution in [1.82, 2.24) is 5.32 Å². The quantitative estimate of drug-likeness (QED) is 0.0243. The van der Waals surface area contributed by atoms with Crippen molar-refractivity contribution < 1.29 is 32.9 Å². The van der Waals surface area contributed by atoms with Gasteiger partial charge in [-0.05, 0) is 64.7 Å². The van der Waals surface area contributed by atoms with Crippen molar-refractivity contribution in [3.05, 3.63) is 48.6 Å². The van der Waals surface area contributed by atoms with Crippen LogP contribution in [0.1, 0.15) is 284 Å². The normalized spacial score (nSPS) is 14.2. The average Bonchev–Trinajstić information content (AvgIpc) is 3.32. The molecule has 0 heterocycles. The maximum absolute atomic E-state index is 12.9. The molecule has 9 heteroatoms. The fourth-order valence-corrected chi connectivity index (χ4v) is 9.64. The zero-order chi connectivity index (χ0) is 51.3. The molecule has 0 aliphatic heterocycles. The third-order valence-electron chi connectivity index (χ3n) is 13.6. The van der Waals surface area contributed by atoms with Crippen molar-refractivity contribution in [2.24, 2.45) is 0 Å². The Balaban J connectivity index is 3.78. The van der Waals surface area contributed by atoms with E-state index in [1.165, 1.54) is 218 Å². The predicted molar refractivity (Wildman–Crippen MR) is 304 cm³/mol. The van der Waals surface area contributed by atoms with Gasteiger partial charge in [0.25, 0.3) is 0 Å². The molecule has 0 aromatic carbocycles. The number of hydrogen-bond donors (Lipinski definition) is 3. The number of aliphatic hydroxyl groups is 1. The summed E-state index contributed by atoms with van der Waals surface area (Å²) in [5.41, 5.74) is 0. The van der Waals surface area contributed by atoms with Gasteiger partial charge in [-0.3, -0.25) is 13.8 Å². The van der Waals surface area contributed by atoms with Crippen LogP contribution in [0.3, 0.4) is 0 Å². The molecule has 0 bridgehead atoms. The Bertz CT molecular complexity index is 1280. The standard InChI is InChI=1S/C61H117N2O6P/c1-6-8-10-12-14-16-17-18-19-20-21-22-23-24-25-26-27-28-29-30-31-32-33-34-35-36-37-38-39-40-41-42-43-44-45-47-49-51-53-55-61(65)62-59(58-69-70(66,67)68-57-56-63(3,4)5)60(64)54-52-50-48-46-15-13-11-9-7-2/h7,9,15,20-21,46,52,54,59-60,64H,6,8,10-14,16-19,22-45,47-51,53,55-58H2,1-5H3,(H-,62,65,66,67)/p+1/b9-7+,21-20-,46-15+,54-52+. The van der Waals surface area contributed by atoms with E-state index in [2.05, 4.69) is 48.7 Å². The highest BCUT2D eigenvalue weighted by atomic mass is 31.2. The Hall–Kier alpha value is -1.54. The van der Waals surface area contributed by atoms with Crippen LogP contribution in [-0.2, 0) is 18.4 Å². The van der Waals surface area contributed by atoms with Gasteiger partial charge in [-0.2, -0.15) is 0 Å². The summed E-state index contributed by atoms with van der Waals surface area (Å²) < 4.78 is 23.5. The highest BCUT2D eigenvalue weighted by molar-refractivity contribution is 7.47. The number of carbonyl (C=O) groups excluding carboxylic acids is 1. The molecule has 0 spiro atoms. The van der Waals surface area contributed by atoms with Gasteiger partial charge in [0.15, 0.2) is 0 Å². The number of likely N-dealkylation sites (N-methyl/N-ethyl adjacent to an activating group) is 1. The van der Waals surface area contributed by atoms with Crippen molar-refractivity contribution >= 4 is 13.7 Å². The number of phosphoric acid groups is 1. The molecule has 0 aromatic heterocycles. The SMILES string of the molecule is C/C=C/CC/C=C/CC/C=C/C(O)C(COP(=O)(O)OCC[N+](C)(C)C)NC(=O)CCCCCCCCCCCCCCCCCCCCCCCCCCCCC/C=C\CCCCCCCCCC. The number of phosphoric ester groups is 1. The lowest BCUT2D eigenvalue weighted by molar-refractivity contribution is -0.870. The molecule has 412 valence electrons. The maximum atomic E-state index is 12.9. The van der Waals surface area contributed by atoms with Gasteiger partial charge in [-0.1, -0.05) is 261 Å². The van der Waals surface area contributed by atoms with E-state index in [-0.39, 0.29) is 19.1 Å². The molecule has 3 atom stereocenters. The van der Waals surface area contributed by atoms with E-state index in [4.69, 9.17) is 9.05 Å². The van der Waals surface area contributed by atoms with Crippen LogP contribution in [0.5, 0.6) is 0 Å². The average molecular weight is 1010 g/mol. The Morgan fingerprint density at radius 3 is 1.23 bits per heavy atom. The minimum Gasteiger partial charge on any atom is -0.387 e.